The first kappa shape index (κ1) is 15.5. The molecule has 20 heavy (non-hydrogen) atoms. The Kier molecular flexibility index (Phi) is 4.86. The van der Waals surface area contributed by atoms with E-state index in [2.05, 4.69) is 19.1 Å². The zero-order valence-electron chi connectivity index (χ0n) is 12.1. The second-order valence-electron chi connectivity index (χ2n) is 5.84. The van der Waals surface area contributed by atoms with Crippen molar-refractivity contribution in [2.24, 2.45) is 11.8 Å². The Morgan fingerprint density at radius 1 is 1.35 bits per heavy atom. The Morgan fingerprint density at radius 2 is 2.05 bits per heavy atom. The molecular weight excluding hydrogens is 278 g/mol. The summed E-state index contributed by atoms with van der Waals surface area (Å²) in [5, 5.41) is 0. The molecule has 0 radical (unpaired) electrons. The maximum Gasteiger partial charge on any atom is 0.324 e. The minimum atomic E-state index is -3.33. The SMILES string of the molecule is CC1CC=CCC1COC(=O)C1CCCN1S(C)(=O)=O. The summed E-state index contributed by atoms with van der Waals surface area (Å²) in [6.07, 6.45) is 8.65. The average Bonchev–Trinajstić information content (AvgIpc) is 2.86. The molecule has 0 aromatic carbocycles. The highest BCUT2D eigenvalue weighted by atomic mass is 32.2. The van der Waals surface area contributed by atoms with Gasteiger partial charge in [-0.2, -0.15) is 4.31 Å². The van der Waals surface area contributed by atoms with Crippen molar-refractivity contribution in [3.63, 3.8) is 0 Å². The number of rotatable bonds is 4. The molecule has 0 spiro atoms. The quantitative estimate of drug-likeness (QED) is 0.584. The van der Waals surface area contributed by atoms with Crippen molar-refractivity contribution in [1.29, 1.82) is 0 Å². The number of carbonyl (C=O) groups excluding carboxylic acids is 1. The second-order valence-corrected chi connectivity index (χ2v) is 7.78. The van der Waals surface area contributed by atoms with Gasteiger partial charge in [0, 0.05) is 6.54 Å². The van der Waals surface area contributed by atoms with Crippen molar-refractivity contribution in [3.8, 4) is 0 Å². The van der Waals surface area contributed by atoms with E-state index < -0.39 is 22.0 Å². The summed E-state index contributed by atoms with van der Waals surface area (Å²) in [7, 11) is -3.33. The Morgan fingerprint density at radius 3 is 2.70 bits per heavy atom. The van der Waals surface area contributed by atoms with Crippen LogP contribution in [-0.4, -0.2) is 44.1 Å². The lowest BCUT2D eigenvalue weighted by Crippen LogP contribution is -2.41. The third kappa shape index (κ3) is 3.61. The molecule has 114 valence electrons. The van der Waals surface area contributed by atoms with Gasteiger partial charge in [0.05, 0.1) is 12.9 Å². The molecular formula is C14H23NO4S. The molecule has 3 unspecified atom stereocenters. The van der Waals surface area contributed by atoms with Crippen LogP contribution >= 0.6 is 0 Å². The van der Waals surface area contributed by atoms with Crippen LogP contribution in [0.15, 0.2) is 12.2 Å². The lowest BCUT2D eigenvalue weighted by Gasteiger charge is -2.26. The van der Waals surface area contributed by atoms with E-state index in [1.54, 1.807) is 0 Å². The summed E-state index contributed by atoms with van der Waals surface area (Å²) in [6.45, 7) is 2.96. The van der Waals surface area contributed by atoms with Gasteiger partial charge in [-0.3, -0.25) is 4.79 Å². The molecule has 0 bridgehead atoms. The molecule has 0 amide bonds. The number of sulfonamides is 1. The number of hydrogen-bond acceptors (Lipinski definition) is 4. The van der Waals surface area contributed by atoms with Crippen LogP contribution < -0.4 is 0 Å². The first-order valence-corrected chi connectivity index (χ1v) is 9.03. The van der Waals surface area contributed by atoms with E-state index in [1.807, 2.05) is 0 Å². The van der Waals surface area contributed by atoms with Crippen molar-refractivity contribution in [1.82, 2.24) is 4.31 Å². The molecule has 2 rings (SSSR count). The summed E-state index contributed by atoms with van der Waals surface area (Å²) >= 11 is 0. The van der Waals surface area contributed by atoms with Gasteiger partial charge in [0.25, 0.3) is 0 Å². The third-order valence-electron chi connectivity index (χ3n) is 4.26. The Labute approximate surface area is 121 Å². The molecule has 0 saturated carbocycles. The van der Waals surface area contributed by atoms with Crippen LogP contribution in [0.3, 0.4) is 0 Å². The Hall–Kier alpha value is -0.880. The normalized spacial score (nSPS) is 31.4. The highest BCUT2D eigenvalue weighted by Crippen LogP contribution is 2.26. The van der Waals surface area contributed by atoms with Crippen LogP contribution in [0.25, 0.3) is 0 Å². The molecule has 1 saturated heterocycles. The van der Waals surface area contributed by atoms with Crippen molar-refractivity contribution >= 4 is 16.0 Å². The van der Waals surface area contributed by atoms with Crippen LogP contribution in [0.4, 0.5) is 0 Å². The van der Waals surface area contributed by atoms with Gasteiger partial charge in [0.15, 0.2) is 0 Å². The molecule has 3 atom stereocenters. The number of carbonyl (C=O) groups is 1. The first-order chi connectivity index (χ1) is 9.39. The largest absolute Gasteiger partial charge is 0.464 e. The van der Waals surface area contributed by atoms with Crippen molar-refractivity contribution in [2.75, 3.05) is 19.4 Å². The van der Waals surface area contributed by atoms with E-state index in [0.717, 1.165) is 25.5 Å². The maximum absolute atomic E-state index is 12.1. The third-order valence-corrected chi connectivity index (χ3v) is 5.55. The minimum absolute atomic E-state index is 0.344. The first-order valence-electron chi connectivity index (χ1n) is 7.18. The standard InChI is InChI=1S/C14H23NO4S/c1-11-6-3-4-7-12(11)10-19-14(16)13-8-5-9-15(13)20(2,17)18/h3-4,11-13H,5-10H2,1-2H3. The minimum Gasteiger partial charge on any atom is -0.464 e. The molecule has 1 heterocycles. The predicted octanol–water partition coefficient (Wildman–Crippen LogP) is 1.56. The van der Waals surface area contributed by atoms with Crippen LogP contribution in [0, 0.1) is 11.8 Å². The van der Waals surface area contributed by atoms with Crippen LogP contribution in [0.1, 0.15) is 32.6 Å². The van der Waals surface area contributed by atoms with Crippen molar-refractivity contribution in [3.05, 3.63) is 12.2 Å². The van der Waals surface area contributed by atoms with Gasteiger partial charge in [-0.25, -0.2) is 8.42 Å². The van der Waals surface area contributed by atoms with Gasteiger partial charge in [-0.15, -0.1) is 0 Å². The fourth-order valence-corrected chi connectivity index (χ4v) is 4.01. The van der Waals surface area contributed by atoms with Crippen molar-refractivity contribution in [2.45, 2.75) is 38.6 Å². The summed E-state index contributed by atoms with van der Waals surface area (Å²) in [5.74, 6) is 0.453. The van der Waals surface area contributed by atoms with E-state index in [9.17, 15) is 13.2 Å². The summed E-state index contributed by atoms with van der Waals surface area (Å²) < 4.78 is 29.9. The lowest BCUT2D eigenvalue weighted by atomic mass is 9.85. The summed E-state index contributed by atoms with van der Waals surface area (Å²) in [5.41, 5.74) is 0. The van der Waals surface area contributed by atoms with Crippen LogP contribution in [0.2, 0.25) is 0 Å². The molecule has 1 aliphatic carbocycles. The monoisotopic (exact) mass is 301 g/mol. The zero-order chi connectivity index (χ0) is 14.8. The van der Waals surface area contributed by atoms with E-state index in [1.165, 1.54) is 4.31 Å². The molecule has 1 fully saturated rings. The highest BCUT2D eigenvalue weighted by molar-refractivity contribution is 7.88. The molecule has 1 aliphatic heterocycles. The van der Waals surface area contributed by atoms with Gasteiger partial charge < -0.3 is 4.74 Å². The van der Waals surface area contributed by atoms with Crippen molar-refractivity contribution < 1.29 is 17.9 Å². The Bertz CT molecular complexity index is 485. The molecule has 0 N–H and O–H groups in total. The van der Waals surface area contributed by atoms with E-state index >= 15 is 0 Å². The fraction of sp³-hybridized carbons (Fsp3) is 0.786. The lowest BCUT2D eigenvalue weighted by molar-refractivity contribution is -0.149. The van der Waals surface area contributed by atoms with Gasteiger partial charge in [-0.05, 0) is 37.5 Å². The van der Waals surface area contributed by atoms with E-state index in [0.29, 0.717) is 31.4 Å². The van der Waals surface area contributed by atoms with Crippen LogP contribution in [0.5, 0.6) is 0 Å². The number of esters is 1. The van der Waals surface area contributed by atoms with Gasteiger partial charge >= 0.3 is 5.97 Å². The molecule has 0 aromatic heterocycles. The molecule has 6 heteroatoms. The number of ether oxygens (including phenoxy) is 1. The highest BCUT2D eigenvalue weighted by Gasteiger charge is 2.37. The van der Waals surface area contributed by atoms with Gasteiger partial charge in [-0.1, -0.05) is 19.1 Å². The molecule has 5 nitrogen and oxygen atoms in total. The summed E-state index contributed by atoms with van der Waals surface area (Å²) in [4.78, 5) is 12.1. The van der Waals surface area contributed by atoms with E-state index in [-0.39, 0.29) is 0 Å². The maximum atomic E-state index is 12.1. The van der Waals surface area contributed by atoms with E-state index in [4.69, 9.17) is 4.74 Å². The smallest absolute Gasteiger partial charge is 0.324 e. The summed E-state index contributed by atoms with van der Waals surface area (Å²) in [6, 6.07) is -0.626. The second kappa shape index (κ2) is 6.26. The van der Waals surface area contributed by atoms with Crippen LogP contribution in [-0.2, 0) is 19.6 Å². The Balaban J connectivity index is 1.90. The average molecular weight is 301 g/mol. The van der Waals surface area contributed by atoms with Gasteiger partial charge in [0.2, 0.25) is 10.0 Å². The number of nitrogens with zero attached hydrogens (tertiary/aromatic N) is 1. The fourth-order valence-electron chi connectivity index (χ4n) is 2.90. The molecule has 2 aliphatic rings. The predicted molar refractivity (Wildman–Crippen MR) is 76.6 cm³/mol. The number of allylic oxidation sites excluding steroid dienone is 2. The molecule has 0 aromatic rings. The number of hydrogen-bond donors (Lipinski definition) is 0. The van der Waals surface area contributed by atoms with Gasteiger partial charge in [0.1, 0.15) is 6.04 Å². The zero-order valence-corrected chi connectivity index (χ0v) is 12.9. The topological polar surface area (TPSA) is 63.7 Å².